The number of piperazine rings is 1. The summed E-state index contributed by atoms with van der Waals surface area (Å²) in [6.07, 6.45) is 1.54. The average molecular weight is 387 g/mol. The van der Waals surface area contributed by atoms with E-state index in [9.17, 15) is 4.79 Å². The van der Waals surface area contributed by atoms with Crippen LogP contribution in [0.4, 0.5) is 0 Å². The van der Waals surface area contributed by atoms with E-state index >= 15 is 0 Å². The fraction of sp³-hybridized carbons (Fsp3) is 0.238. The molecule has 0 saturated carbocycles. The first-order valence-electron chi connectivity index (χ1n) is 9.69. The van der Waals surface area contributed by atoms with Gasteiger partial charge < -0.3 is 9.88 Å². The summed E-state index contributed by atoms with van der Waals surface area (Å²) >= 11 is 0. The summed E-state index contributed by atoms with van der Waals surface area (Å²) in [5.74, 6) is 0.882. The van der Waals surface area contributed by atoms with Crippen LogP contribution in [0.1, 0.15) is 16.3 Å². The third-order valence-corrected chi connectivity index (χ3v) is 5.17. The van der Waals surface area contributed by atoms with E-state index in [-0.39, 0.29) is 5.91 Å². The van der Waals surface area contributed by atoms with Gasteiger partial charge in [0.1, 0.15) is 5.82 Å². The van der Waals surface area contributed by atoms with Gasteiger partial charge in [-0.25, -0.2) is 4.98 Å². The number of hydrogen-bond donors (Lipinski definition) is 1. The molecular formula is C21H21N7O. The molecule has 1 fully saturated rings. The predicted molar refractivity (Wildman–Crippen MR) is 109 cm³/mol. The van der Waals surface area contributed by atoms with E-state index < -0.39 is 0 Å². The molecule has 1 aliphatic rings. The first-order valence-corrected chi connectivity index (χ1v) is 9.69. The van der Waals surface area contributed by atoms with Crippen molar-refractivity contribution < 1.29 is 4.79 Å². The Morgan fingerprint density at radius 3 is 2.52 bits per heavy atom. The van der Waals surface area contributed by atoms with E-state index in [1.54, 1.807) is 0 Å². The van der Waals surface area contributed by atoms with Crippen molar-refractivity contribution in [1.82, 2.24) is 34.8 Å². The third-order valence-electron chi connectivity index (χ3n) is 5.17. The summed E-state index contributed by atoms with van der Waals surface area (Å²) in [5.41, 5.74) is 3.25. The number of fused-ring (bicyclic) bond motifs is 1. The first kappa shape index (κ1) is 17.6. The van der Waals surface area contributed by atoms with E-state index in [0.29, 0.717) is 18.8 Å². The van der Waals surface area contributed by atoms with Gasteiger partial charge in [-0.15, -0.1) is 5.10 Å². The van der Waals surface area contributed by atoms with Gasteiger partial charge in [0.15, 0.2) is 5.69 Å². The molecule has 5 rings (SSSR count). The molecule has 3 heterocycles. The first-order chi connectivity index (χ1) is 14.3. The Morgan fingerprint density at radius 1 is 0.966 bits per heavy atom. The Labute approximate surface area is 167 Å². The summed E-state index contributed by atoms with van der Waals surface area (Å²) in [6.45, 7) is 3.68. The van der Waals surface area contributed by atoms with E-state index in [4.69, 9.17) is 0 Å². The number of nitrogens with one attached hydrogen (secondary N) is 1. The minimum absolute atomic E-state index is 0.0735. The van der Waals surface area contributed by atoms with E-state index in [1.807, 2.05) is 59.5 Å². The number of carbonyl (C=O) groups is 1. The van der Waals surface area contributed by atoms with Crippen LogP contribution in [0.2, 0.25) is 0 Å². The molecule has 8 nitrogen and oxygen atoms in total. The molecule has 0 bridgehead atoms. The van der Waals surface area contributed by atoms with Gasteiger partial charge in [0.05, 0.1) is 29.5 Å². The van der Waals surface area contributed by atoms with Crippen molar-refractivity contribution >= 4 is 16.9 Å². The zero-order chi connectivity index (χ0) is 19.6. The quantitative estimate of drug-likeness (QED) is 0.580. The number of carbonyl (C=O) groups excluding carboxylic acids is 1. The standard InChI is InChI=1S/C21H21N7O/c29-21(19-14-22-28(25-19)16-6-2-1-3-7-16)27-12-10-26(11-13-27)15-20-23-17-8-4-5-9-18(17)24-20/h1-9,14H,10-13,15H2,(H,23,24). The van der Waals surface area contributed by atoms with Crippen LogP contribution in [0, 0.1) is 0 Å². The lowest BCUT2D eigenvalue weighted by Gasteiger charge is -2.33. The van der Waals surface area contributed by atoms with Crippen molar-refractivity contribution in [2.45, 2.75) is 6.54 Å². The van der Waals surface area contributed by atoms with Crippen molar-refractivity contribution in [2.24, 2.45) is 0 Å². The number of nitrogens with zero attached hydrogens (tertiary/aromatic N) is 6. The minimum atomic E-state index is -0.0735. The number of rotatable bonds is 4. The molecule has 1 N–H and O–H groups in total. The van der Waals surface area contributed by atoms with Crippen LogP contribution < -0.4 is 0 Å². The second kappa shape index (κ2) is 7.48. The molecule has 1 aliphatic heterocycles. The van der Waals surface area contributed by atoms with E-state index in [1.165, 1.54) is 11.0 Å². The lowest BCUT2D eigenvalue weighted by atomic mass is 10.3. The number of H-pyrrole nitrogens is 1. The van der Waals surface area contributed by atoms with Crippen molar-refractivity contribution in [3.8, 4) is 5.69 Å². The maximum atomic E-state index is 12.8. The predicted octanol–water partition coefficient (Wildman–Crippen LogP) is 2.10. The maximum absolute atomic E-state index is 12.8. The molecule has 4 aromatic rings. The van der Waals surface area contributed by atoms with Crippen LogP contribution in [-0.2, 0) is 6.54 Å². The van der Waals surface area contributed by atoms with Gasteiger partial charge in [0.25, 0.3) is 5.91 Å². The van der Waals surface area contributed by atoms with Gasteiger partial charge in [0, 0.05) is 26.2 Å². The number of para-hydroxylation sites is 3. The van der Waals surface area contributed by atoms with E-state index in [2.05, 4.69) is 25.1 Å². The topological polar surface area (TPSA) is 82.9 Å². The second-order valence-corrected chi connectivity index (χ2v) is 7.12. The summed E-state index contributed by atoms with van der Waals surface area (Å²) in [5, 5.41) is 8.58. The van der Waals surface area contributed by atoms with Gasteiger partial charge in [-0.3, -0.25) is 9.69 Å². The molecule has 146 valence electrons. The molecule has 8 heteroatoms. The molecule has 29 heavy (non-hydrogen) atoms. The minimum Gasteiger partial charge on any atom is -0.341 e. The Morgan fingerprint density at radius 2 is 1.72 bits per heavy atom. The fourth-order valence-electron chi connectivity index (χ4n) is 3.61. The SMILES string of the molecule is O=C(c1cnn(-c2ccccc2)n1)N1CCN(Cc2nc3ccccc3[nH]2)CC1. The fourth-order valence-corrected chi connectivity index (χ4v) is 3.61. The number of amides is 1. The molecule has 0 spiro atoms. The van der Waals surface area contributed by atoms with Crippen LogP contribution in [0.3, 0.4) is 0 Å². The number of benzene rings is 2. The second-order valence-electron chi connectivity index (χ2n) is 7.12. The van der Waals surface area contributed by atoms with E-state index in [0.717, 1.165) is 42.2 Å². The van der Waals surface area contributed by atoms with Gasteiger partial charge in [-0.1, -0.05) is 30.3 Å². The van der Waals surface area contributed by atoms with Crippen molar-refractivity contribution in [3.05, 3.63) is 72.3 Å². The van der Waals surface area contributed by atoms with Crippen molar-refractivity contribution in [3.63, 3.8) is 0 Å². The molecule has 0 radical (unpaired) electrons. The lowest BCUT2D eigenvalue weighted by molar-refractivity contribution is 0.0619. The molecule has 0 aliphatic carbocycles. The van der Waals surface area contributed by atoms with Gasteiger partial charge >= 0.3 is 0 Å². The average Bonchev–Trinajstić information content (AvgIpc) is 3.41. The van der Waals surface area contributed by atoms with Crippen LogP contribution in [-0.4, -0.2) is 66.8 Å². The maximum Gasteiger partial charge on any atom is 0.276 e. The van der Waals surface area contributed by atoms with Crippen LogP contribution in [0.5, 0.6) is 0 Å². The summed E-state index contributed by atoms with van der Waals surface area (Å²) in [6, 6.07) is 17.6. The molecule has 1 amide bonds. The monoisotopic (exact) mass is 387 g/mol. The summed E-state index contributed by atoms with van der Waals surface area (Å²) in [4.78, 5) is 26.4. The molecular weight excluding hydrogens is 366 g/mol. The number of hydrogen-bond acceptors (Lipinski definition) is 5. The smallest absolute Gasteiger partial charge is 0.276 e. The number of aromatic nitrogens is 5. The highest BCUT2D eigenvalue weighted by atomic mass is 16.2. The van der Waals surface area contributed by atoms with Gasteiger partial charge in [-0.05, 0) is 24.3 Å². The van der Waals surface area contributed by atoms with Crippen LogP contribution in [0.15, 0.2) is 60.8 Å². The van der Waals surface area contributed by atoms with Gasteiger partial charge in [-0.2, -0.15) is 9.90 Å². The van der Waals surface area contributed by atoms with Crippen LogP contribution in [0.25, 0.3) is 16.7 Å². The number of imidazole rings is 1. The summed E-state index contributed by atoms with van der Waals surface area (Å²) < 4.78 is 0. The molecule has 0 unspecified atom stereocenters. The zero-order valence-corrected chi connectivity index (χ0v) is 15.9. The molecule has 0 atom stereocenters. The van der Waals surface area contributed by atoms with Gasteiger partial charge in [0.2, 0.25) is 0 Å². The normalized spacial score (nSPS) is 15.1. The molecule has 2 aromatic carbocycles. The Kier molecular flexibility index (Phi) is 4.53. The molecule has 1 saturated heterocycles. The highest BCUT2D eigenvalue weighted by molar-refractivity contribution is 5.92. The van der Waals surface area contributed by atoms with Crippen molar-refractivity contribution in [1.29, 1.82) is 0 Å². The summed E-state index contributed by atoms with van der Waals surface area (Å²) in [7, 11) is 0. The third kappa shape index (κ3) is 3.62. The Hall–Kier alpha value is -3.52. The Balaban J connectivity index is 1.20. The lowest BCUT2D eigenvalue weighted by Crippen LogP contribution is -2.48. The Bertz CT molecular complexity index is 1090. The highest BCUT2D eigenvalue weighted by Crippen LogP contribution is 2.14. The number of aromatic amines is 1. The molecule has 2 aromatic heterocycles. The zero-order valence-electron chi connectivity index (χ0n) is 15.9. The van der Waals surface area contributed by atoms with Crippen LogP contribution >= 0.6 is 0 Å². The largest absolute Gasteiger partial charge is 0.341 e. The van der Waals surface area contributed by atoms with Crippen molar-refractivity contribution in [2.75, 3.05) is 26.2 Å². The highest BCUT2D eigenvalue weighted by Gasteiger charge is 2.24.